The van der Waals surface area contributed by atoms with Crippen molar-refractivity contribution in [2.75, 3.05) is 13.2 Å². The number of para-hydroxylation sites is 2. The van der Waals surface area contributed by atoms with Crippen LogP contribution in [-0.2, 0) is 12.3 Å². The van der Waals surface area contributed by atoms with Crippen molar-refractivity contribution in [2.45, 2.75) is 50.8 Å². The molecule has 0 amide bonds. The van der Waals surface area contributed by atoms with Crippen LogP contribution in [-0.4, -0.2) is 13.2 Å². The van der Waals surface area contributed by atoms with Gasteiger partial charge >= 0.3 is 0 Å². The van der Waals surface area contributed by atoms with Crippen molar-refractivity contribution in [1.82, 2.24) is 0 Å². The van der Waals surface area contributed by atoms with Crippen LogP contribution in [0.15, 0.2) is 104 Å². The van der Waals surface area contributed by atoms with E-state index < -0.39 is 7.92 Å². The molecule has 0 aliphatic rings. The maximum absolute atomic E-state index is 6.22. The molecular formula is C32H39O2P. The first-order valence-electron chi connectivity index (χ1n) is 12.7. The minimum Gasteiger partial charge on any atom is -0.493 e. The van der Waals surface area contributed by atoms with E-state index in [0.717, 1.165) is 75.6 Å². The Morgan fingerprint density at radius 3 is 1.51 bits per heavy atom. The highest BCUT2D eigenvalue weighted by molar-refractivity contribution is 7.64. The maximum Gasteiger partial charge on any atom is 0.122 e. The molecule has 35 heavy (non-hydrogen) atoms. The van der Waals surface area contributed by atoms with Gasteiger partial charge in [0.25, 0.3) is 0 Å². The summed E-state index contributed by atoms with van der Waals surface area (Å²) in [5, 5.41) is 1.41. The van der Waals surface area contributed by atoms with Crippen molar-refractivity contribution in [3.63, 3.8) is 0 Å². The Bertz CT molecular complexity index is 951. The lowest BCUT2D eigenvalue weighted by molar-refractivity contribution is 0.305. The van der Waals surface area contributed by atoms with Gasteiger partial charge in [-0.15, -0.1) is 13.2 Å². The second-order valence-corrected chi connectivity index (χ2v) is 10.9. The molecule has 0 aliphatic carbocycles. The van der Waals surface area contributed by atoms with Gasteiger partial charge in [0.05, 0.1) is 13.2 Å². The molecule has 3 rings (SSSR count). The fourth-order valence-electron chi connectivity index (χ4n) is 3.98. The summed E-state index contributed by atoms with van der Waals surface area (Å²) in [6.45, 7) is 9.11. The number of benzene rings is 3. The van der Waals surface area contributed by atoms with Gasteiger partial charge in [-0.2, -0.15) is 0 Å². The first-order chi connectivity index (χ1) is 17.3. The van der Waals surface area contributed by atoms with Gasteiger partial charge in [0.15, 0.2) is 0 Å². The normalized spacial score (nSPS) is 10.8. The summed E-state index contributed by atoms with van der Waals surface area (Å²) in [4.78, 5) is 0. The third-order valence-corrected chi connectivity index (χ3v) is 8.38. The Labute approximate surface area is 213 Å². The van der Waals surface area contributed by atoms with Crippen molar-refractivity contribution in [2.24, 2.45) is 0 Å². The van der Waals surface area contributed by atoms with E-state index in [1.54, 1.807) is 0 Å². The lowest BCUT2D eigenvalue weighted by Crippen LogP contribution is -2.07. The van der Waals surface area contributed by atoms with E-state index >= 15 is 0 Å². The van der Waals surface area contributed by atoms with Crippen LogP contribution in [0.25, 0.3) is 0 Å². The molecule has 0 unspecified atom stereocenters. The molecule has 0 spiro atoms. The third kappa shape index (κ3) is 9.38. The zero-order chi connectivity index (χ0) is 24.6. The van der Waals surface area contributed by atoms with E-state index in [-0.39, 0.29) is 0 Å². The standard InChI is InChI=1S/C32H39O2P/c1-3-5-7-16-24-33-31-22-14-12-18-28(31)26-35(30-20-10-9-11-21-30)27-29-19-13-15-23-32(29)34-25-17-8-6-4-2/h3-4,9-15,18-23H,1-2,5-8,16-17,24-27H2. The summed E-state index contributed by atoms with van der Waals surface area (Å²) in [7, 11) is -0.476. The summed E-state index contributed by atoms with van der Waals surface area (Å²) >= 11 is 0. The number of hydrogen-bond donors (Lipinski definition) is 0. The van der Waals surface area contributed by atoms with Crippen LogP contribution in [0.5, 0.6) is 11.5 Å². The Hall–Kier alpha value is -2.83. The van der Waals surface area contributed by atoms with Crippen molar-refractivity contribution in [3.05, 3.63) is 115 Å². The van der Waals surface area contributed by atoms with Crippen LogP contribution in [0.1, 0.15) is 49.7 Å². The predicted molar refractivity (Wildman–Crippen MR) is 152 cm³/mol. The smallest absolute Gasteiger partial charge is 0.122 e. The van der Waals surface area contributed by atoms with Gasteiger partial charge < -0.3 is 9.47 Å². The van der Waals surface area contributed by atoms with Gasteiger partial charge in [-0.3, -0.25) is 0 Å². The average molecular weight is 487 g/mol. The van der Waals surface area contributed by atoms with Crippen LogP contribution >= 0.6 is 7.92 Å². The molecule has 3 heteroatoms. The van der Waals surface area contributed by atoms with Gasteiger partial charge in [0.2, 0.25) is 0 Å². The van der Waals surface area contributed by atoms with Crippen LogP contribution in [0.4, 0.5) is 0 Å². The molecule has 0 bridgehead atoms. The second kappa shape index (κ2) is 16.0. The molecule has 3 aromatic carbocycles. The monoisotopic (exact) mass is 486 g/mol. The Kier molecular flexibility index (Phi) is 12.2. The number of ether oxygens (including phenoxy) is 2. The zero-order valence-electron chi connectivity index (χ0n) is 20.9. The Morgan fingerprint density at radius 2 is 1.03 bits per heavy atom. The summed E-state index contributed by atoms with van der Waals surface area (Å²) in [6, 6.07) is 28.0. The first-order valence-corrected chi connectivity index (χ1v) is 14.5. The van der Waals surface area contributed by atoms with Crippen LogP contribution in [0.2, 0.25) is 0 Å². The van der Waals surface area contributed by atoms with Gasteiger partial charge in [-0.1, -0.05) is 86.8 Å². The van der Waals surface area contributed by atoms with E-state index in [4.69, 9.17) is 9.47 Å². The maximum atomic E-state index is 6.22. The molecule has 0 radical (unpaired) electrons. The minimum atomic E-state index is -0.476. The fourth-order valence-corrected chi connectivity index (χ4v) is 6.40. The van der Waals surface area contributed by atoms with Crippen LogP contribution in [0.3, 0.4) is 0 Å². The van der Waals surface area contributed by atoms with E-state index in [1.807, 2.05) is 12.2 Å². The molecule has 0 fully saturated rings. The predicted octanol–water partition coefficient (Wildman–Crippen LogP) is 8.66. The van der Waals surface area contributed by atoms with Crippen LogP contribution < -0.4 is 14.8 Å². The quantitative estimate of drug-likeness (QED) is 0.108. The van der Waals surface area contributed by atoms with Gasteiger partial charge in [0, 0.05) is 12.3 Å². The highest BCUT2D eigenvalue weighted by Crippen LogP contribution is 2.45. The third-order valence-electron chi connectivity index (χ3n) is 5.91. The fraction of sp³-hybridized carbons (Fsp3) is 0.312. The summed E-state index contributed by atoms with van der Waals surface area (Å²) in [5.41, 5.74) is 2.57. The number of unbranched alkanes of at least 4 members (excludes halogenated alkanes) is 4. The zero-order valence-corrected chi connectivity index (χ0v) is 21.8. The largest absolute Gasteiger partial charge is 0.493 e. The molecule has 0 saturated carbocycles. The van der Waals surface area contributed by atoms with Gasteiger partial charge in [-0.05, 0) is 67.1 Å². The van der Waals surface area contributed by atoms with Crippen molar-refractivity contribution < 1.29 is 9.47 Å². The molecule has 0 N–H and O–H groups in total. The highest BCUT2D eigenvalue weighted by atomic mass is 31.1. The van der Waals surface area contributed by atoms with E-state index in [9.17, 15) is 0 Å². The molecular weight excluding hydrogens is 447 g/mol. The topological polar surface area (TPSA) is 18.5 Å². The number of hydrogen-bond acceptors (Lipinski definition) is 2. The lowest BCUT2D eigenvalue weighted by Gasteiger charge is -2.22. The van der Waals surface area contributed by atoms with E-state index in [0.29, 0.717) is 0 Å². The molecule has 0 atom stereocenters. The molecule has 0 heterocycles. The van der Waals surface area contributed by atoms with Gasteiger partial charge in [0.1, 0.15) is 11.5 Å². The summed E-state index contributed by atoms with van der Waals surface area (Å²) in [5.74, 6) is 2.03. The molecule has 0 aromatic heterocycles. The highest BCUT2D eigenvalue weighted by Gasteiger charge is 2.17. The van der Waals surface area contributed by atoms with E-state index in [2.05, 4.69) is 92.0 Å². The van der Waals surface area contributed by atoms with Crippen LogP contribution in [0, 0.1) is 0 Å². The molecule has 0 aliphatic heterocycles. The number of rotatable bonds is 17. The summed E-state index contributed by atoms with van der Waals surface area (Å²) in [6.07, 6.45) is 12.3. The minimum absolute atomic E-state index is 0.476. The van der Waals surface area contributed by atoms with E-state index in [1.165, 1.54) is 16.4 Å². The van der Waals surface area contributed by atoms with Gasteiger partial charge in [-0.25, -0.2) is 0 Å². The SMILES string of the molecule is C=CCCCCOc1ccccc1CP(Cc1ccccc1OCCCCC=C)c1ccccc1. The molecule has 2 nitrogen and oxygen atoms in total. The van der Waals surface area contributed by atoms with Crippen molar-refractivity contribution >= 4 is 13.2 Å². The van der Waals surface area contributed by atoms with Crippen molar-refractivity contribution in [3.8, 4) is 11.5 Å². The Morgan fingerprint density at radius 1 is 0.571 bits per heavy atom. The first kappa shape index (κ1) is 26.8. The molecule has 184 valence electrons. The second-order valence-electron chi connectivity index (χ2n) is 8.67. The summed E-state index contributed by atoms with van der Waals surface area (Å²) < 4.78 is 12.4. The van der Waals surface area contributed by atoms with Crippen molar-refractivity contribution in [1.29, 1.82) is 0 Å². The lowest BCUT2D eigenvalue weighted by atomic mass is 10.2. The molecule has 3 aromatic rings. The average Bonchev–Trinajstić information content (AvgIpc) is 2.90. The Balaban J connectivity index is 1.74. The molecule has 0 saturated heterocycles. The number of allylic oxidation sites excluding steroid dienone is 2.